The van der Waals surface area contributed by atoms with E-state index in [0.717, 1.165) is 37.2 Å². The number of aryl methyl sites for hydroxylation is 1. The number of benzene rings is 2. The Bertz CT molecular complexity index is 773. The number of hydrogen-bond acceptors (Lipinski definition) is 4. The molecule has 0 bridgehead atoms. The van der Waals surface area contributed by atoms with E-state index in [-0.39, 0.29) is 0 Å². The summed E-state index contributed by atoms with van der Waals surface area (Å²) in [6.45, 7) is 2.18. The Hall–Kier alpha value is -2.50. The van der Waals surface area contributed by atoms with Crippen LogP contribution in [0.4, 0.5) is 0 Å². The molecule has 1 aromatic heterocycles. The summed E-state index contributed by atoms with van der Waals surface area (Å²) in [4.78, 5) is 2.25. The minimum absolute atomic E-state index is 0.411. The Balaban J connectivity index is 1.44. The molecule has 1 heterocycles. The van der Waals surface area contributed by atoms with E-state index < -0.39 is 6.10 Å². The Morgan fingerprint density at radius 1 is 1.04 bits per heavy atom. The molecule has 1 atom stereocenters. The topological polar surface area (TPSA) is 54.2 Å². The third-order valence-corrected chi connectivity index (χ3v) is 4.41. The molecular formula is C21H26N4O. The lowest BCUT2D eigenvalue weighted by molar-refractivity contribution is 0.150. The second kappa shape index (κ2) is 9.27. The van der Waals surface area contributed by atoms with Crippen molar-refractivity contribution in [3.63, 3.8) is 0 Å². The number of hydrogen-bond donors (Lipinski definition) is 1. The van der Waals surface area contributed by atoms with Crippen molar-refractivity contribution in [1.29, 1.82) is 0 Å². The van der Waals surface area contributed by atoms with Crippen LogP contribution >= 0.6 is 0 Å². The average Bonchev–Trinajstić information content (AvgIpc) is 3.10. The summed E-state index contributed by atoms with van der Waals surface area (Å²) in [6.07, 6.45) is 3.54. The SMILES string of the molecule is CN(CCCc1ccccc1)Cc1cn(CC(O)c2ccccc2)nn1. The van der Waals surface area contributed by atoms with Gasteiger partial charge in [-0.1, -0.05) is 65.9 Å². The Morgan fingerprint density at radius 2 is 1.73 bits per heavy atom. The van der Waals surface area contributed by atoms with E-state index in [1.165, 1.54) is 5.56 Å². The van der Waals surface area contributed by atoms with Crippen LogP contribution in [0.15, 0.2) is 66.9 Å². The van der Waals surface area contributed by atoms with Crippen LogP contribution in [0.1, 0.15) is 29.3 Å². The van der Waals surface area contributed by atoms with Crippen molar-refractivity contribution in [2.45, 2.75) is 32.0 Å². The number of rotatable bonds is 9. The lowest BCUT2D eigenvalue weighted by atomic mass is 10.1. The molecule has 0 amide bonds. The van der Waals surface area contributed by atoms with Crippen LogP contribution in [0, 0.1) is 0 Å². The summed E-state index contributed by atoms with van der Waals surface area (Å²) in [5.41, 5.74) is 3.19. The first-order valence-electron chi connectivity index (χ1n) is 9.05. The molecule has 1 unspecified atom stereocenters. The smallest absolute Gasteiger partial charge is 0.0986 e. The molecule has 5 nitrogen and oxygen atoms in total. The molecule has 3 aromatic rings. The van der Waals surface area contributed by atoms with Gasteiger partial charge in [0.1, 0.15) is 0 Å². The van der Waals surface area contributed by atoms with Crippen LogP contribution in [0.3, 0.4) is 0 Å². The Morgan fingerprint density at radius 3 is 2.46 bits per heavy atom. The maximum absolute atomic E-state index is 10.3. The number of aliphatic hydroxyl groups excluding tert-OH is 1. The zero-order valence-electron chi connectivity index (χ0n) is 15.2. The van der Waals surface area contributed by atoms with Crippen LogP contribution in [-0.4, -0.2) is 38.6 Å². The van der Waals surface area contributed by atoms with Crippen LogP contribution in [0.2, 0.25) is 0 Å². The van der Waals surface area contributed by atoms with Gasteiger partial charge in [0.25, 0.3) is 0 Å². The fourth-order valence-corrected chi connectivity index (χ4v) is 3.01. The van der Waals surface area contributed by atoms with E-state index in [0.29, 0.717) is 6.54 Å². The molecule has 5 heteroatoms. The van der Waals surface area contributed by atoms with Crippen molar-refractivity contribution < 1.29 is 5.11 Å². The molecule has 136 valence electrons. The van der Waals surface area contributed by atoms with Gasteiger partial charge in [-0.15, -0.1) is 5.10 Å². The highest BCUT2D eigenvalue weighted by Crippen LogP contribution is 2.14. The molecular weight excluding hydrogens is 324 g/mol. The summed E-state index contributed by atoms with van der Waals surface area (Å²) in [5, 5.41) is 18.7. The highest BCUT2D eigenvalue weighted by Gasteiger charge is 2.10. The third kappa shape index (κ3) is 5.51. The van der Waals surface area contributed by atoms with Crippen molar-refractivity contribution in [3.05, 3.63) is 83.7 Å². The van der Waals surface area contributed by atoms with E-state index >= 15 is 0 Å². The van der Waals surface area contributed by atoms with Crippen molar-refractivity contribution in [1.82, 2.24) is 19.9 Å². The fraction of sp³-hybridized carbons (Fsp3) is 0.333. The minimum Gasteiger partial charge on any atom is -0.386 e. The van der Waals surface area contributed by atoms with Crippen LogP contribution in [-0.2, 0) is 19.5 Å². The van der Waals surface area contributed by atoms with Gasteiger partial charge in [0, 0.05) is 12.7 Å². The van der Waals surface area contributed by atoms with Gasteiger partial charge < -0.3 is 10.0 Å². The van der Waals surface area contributed by atoms with E-state index in [9.17, 15) is 5.11 Å². The van der Waals surface area contributed by atoms with Gasteiger partial charge >= 0.3 is 0 Å². The molecule has 3 rings (SSSR count). The van der Waals surface area contributed by atoms with Gasteiger partial charge in [0.15, 0.2) is 0 Å². The largest absolute Gasteiger partial charge is 0.386 e. The highest BCUT2D eigenvalue weighted by atomic mass is 16.3. The second-order valence-electron chi connectivity index (χ2n) is 6.69. The molecule has 0 spiro atoms. The van der Waals surface area contributed by atoms with Crippen molar-refractivity contribution in [2.24, 2.45) is 0 Å². The molecule has 0 saturated carbocycles. The van der Waals surface area contributed by atoms with Gasteiger partial charge in [-0.05, 0) is 37.6 Å². The number of aromatic nitrogens is 3. The van der Waals surface area contributed by atoms with Gasteiger partial charge in [0.2, 0.25) is 0 Å². The van der Waals surface area contributed by atoms with E-state index in [1.54, 1.807) is 4.68 Å². The standard InChI is InChI=1S/C21H26N4O/c1-24(14-8-11-18-9-4-2-5-10-18)15-20-16-25(23-22-20)17-21(26)19-12-6-3-7-13-19/h2-7,9-10,12-13,16,21,26H,8,11,14-15,17H2,1H3. The molecule has 0 fully saturated rings. The monoisotopic (exact) mass is 350 g/mol. The van der Waals surface area contributed by atoms with E-state index in [4.69, 9.17) is 0 Å². The molecule has 0 aliphatic carbocycles. The van der Waals surface area contributed by atoms with Crippen LogP contribution in [0.25, 0.3) is 0 Å². The van der Waals surface area contributed by atoms with Gasteiger partial charge in [-0.3, -0.25) is 0 Å². The summed E-state index contributed by atoms with van der Waals surface area (Å²) in [7, 11) is 2.10. The van der Waals surface area contributed by atoms with Crippen LogP contribution < -0.4 is 0 Å². The Labute approximate surface area is 154 Å². The number of nitrogens with zero attached hydrogens (tertiary/aromatic N) is 4. The zero-order valence-corrected chi connectivity index (χ0v) is 15.2. The maximum Gasteiger partial charge on any atom is 0.0986 e. The first-order valence-corrected chi connectivity index (χ1v) is 9.05. The first-order chi connectivity index (χ1) is 12.7. The lowest BCUT2D eigenvalue weighted by Gasteiger charge is -2.14. The maximum atomic E-state index is 10.3. The summed E-state index contributed by atoms with van der Waals surface area (Å²) < 4.78 is 1.71. The molecule has 26 heavy (non-hydrogen) atoms. The normalized spacial score (nSPS) is 12.4. The fourth-order valence-electron chi connectivity index (χ4n) is 3.01. The molecule has 0 saturated heterocycles. The predicted molar refractivity (Wildman–Crippen MR) is 103 cm³/mol. The average molecular weight is 350 g/mol. The molecule has 0 radical (unpaired) electrons. The van der Waals surface area contributed by atoms with E-state index in [2.05, 4.69) is 46.5 Å². The van der Waals surface area contributed by atoms with Gasteiger partial charge in [-0.2, -0.15) is 0 Å². The molecule has 1 N–H and O–H groups in total. The summed E-state index contributed by atoms with van der Waals surface area (Å²) in [5.74, 6) is 0. The second-order valence-corrected chi connectivity index (χ2v) is 6.69. The van der Waals surface area contributed by atoms with Crippen molar-refractivity contribution in [2.75, 3.05) is 13.6 Å². The van der Waals surface area contributed by atoms with Gasteiger partial charge in [-0.25, -0.2) is 4.68 Å². The first kappa shape index (κ1) is 18.3. The summed E-state index contributed by atoms with van der Waals surface area (Å²) >= 11 is 0. The zero-order chi connectivity index (χ0) is 18.2. The predicted octanol–water partition coefficient (Wildman–Crippen LogP) is 3.08. The van der Waals surface area contributed by atoms with Crippen molar-refractivity contribution >= 4 is 0 Å². The molecule has 2 aromatic carbocycles. The van der Waals surface area contributed by atoms with Crippen molar-refractivity contribution in [3.8, 4) is 0 Å². The minimum atomic E-state index is -0.575. The quantitative estimate of drug-likeness (QED) is 0.644. The van der Waals surface area contributed by atoms with E-state index in [1.807, 2.05) is 42.6 Å². The van der Waals surface area contributed by atoms with Gasteiger partial charge in [0.05, 0.1) is 18.3 Å². The lowest BCUT2D eigenvalue weighted by Crippen LogP contribution is -2.19. The third-order valence-electron chi connectivity index (χ3n) is 4.41. The molecule has 0 aliphatic heterocycles. The van der Waals surface area contributed by atoms with Crippen LogP contribution in [0.5, 0.6) is 0 Å². The number of aliphatic hydroxyl groups is 1. The molecule has 0 aliphatic rings. The highest BCUT2D eigenvalue weighted by molar-refractivity contribution is 5.17. The summed E-state index contributed by atoms with van der Waals surface area (Å²) in [6, 6.07) is 20.2. The Kier molecular flexibility index (Phi) is 6.52.